The molecule has 4 heterocycles. The van der Waals surface area contributed by atoms with Gasteiger partial charge in [-0.3, -0.25) is 18.1 Å². The van der Waals surface area contributed by atoms with Gasteiger partial charge < -0.3 is 47.7 Å². The van der Waals surface area contributed by atoms with Crippen molar-refractivity contribution in [1.29, 1.82) is 0 Å². The second-order valence-corrected chi connectivity index (χ2v) is 13.2. The number of ether oxygens (including phenoxy) is 8. The summed E-state index contributed by atoms with van der Waals surface area (Å²) in [4.78, 5) is 21.1. The molecule has 0 aliphatic carbocycles. The number of hydrogen-bond donors (Lipinski definition) is 2. The number of hydrogen-bond acceptors (Lipinski definition) is 14. The summed E-state index contributed by atoms with van der Waals surface area (Å²) in [7, 11) is 12.3. The average Bonchev–Trinajstić information content (AvgIpc) is 3.56. The predicted molar refractivity (Wildman–Crippen MR) is 146 cm³/mol. The van der Waals surface area contributed by atoms with Gasteiger partial charge in [0.25, 0.3) is 0 Å². The van der Waals surface area contributed by atoms with Crippen molar-refractivity contribution in [3.05, 3.63) is 0 Å². The van der Waals surface area contributed by atoms with Gasteiger partial charge in [0, 0.05) is 52.2 Å². The van der Waals surface area contributed by atoms with E-state index in [2.05, 4.69) is 0 Å². The van der Waals surface area contributed by atoms with Gasteiger partial charge in [-0.05, 0) is 0 Å². The van der Waals surface area contributed by atoms with Crippen LogP contribution in [0.2, 0.25) is 0 Å². The van der Waals surface area contributed by atoms with Crippen molar-refractivity contribution < 1.29 is 74.9 Å². The van der Waals surface area contributed by atoms with Crippen molar-refractivity contribution in [1.82, 2.24) is 0 Å². The van der Waals surface area contributed by atoms with Crippen LogP contribution in [0.3, 0.4) is 0 Å². The molecule has 0 saturated carbocycles. The fraction of sp³-hybridized carbons (Fsp3) is 1.00. The molecule has 4 fully saturated rings. The van der Waals surface area contributed by atoms with Gasteiger partial charge in [-0.1, -0.05) is 0 Å². The third kappa shape index (κ3) is 8.34. The van der Waals surface area contributed by atoms with Gasteiger partial charge in [0.2, 0.25) is 0 Å². The number of methoxy groups -OCH3 is 3. The maximum Gasteiger partial charge on any atom is 0.474 e. The molecule has 9 unspecified atom stereocenters. The molecular weight excluding hydrogens is 615 g/mol. The summed E-state index contributed by atoms with van der Waals surface area (Å²) in [5, 5.41) is 0. The Bertz CT molecular complexity index is 1020. The Morgan fingerprint density at radius 3 is 2.19 bits per heavy atom. The van der Waals surface area contributed by atoms with Gasteiger partial charge in [-0.15, -0.1) is 0 Å². The minimum absolute atomic E-state index is 0.108. The van der Waals surface area contributed by atoms with E-state index < -0.39 is 82.0 Å². The molecule has 2 N–H and O–H groups in total. The number of fused-ring (bicyclic) bond motifs is 1. The van der Waals surface area contributed by atoms with Crippen molar-refractivity contribution in [3.8, 4) is 0 Å². The lowest BCUT2D eigenvalue weighted by molar-refractivity contribution is -0.347. The summed E-state index contributed by atoms with van der Waals surface area (Å²) in [5.74, 6) is -1.94. The number of phosphoric acid groups is 2. The van der Waals surface area contributed by atoms with Crippen LogP contribution < -0.4 is 0 Å². The van der Waals surface area contributed by atoms with Crippen molar-refractivity contribution in [2.75, 3.05) is 67.6 Å². The summed E-state index contributed by atoms with van der Waals surface area (Å²) < 4.78 is 90.5. The van der Waals surface area contributed by atoms with E-state index in [1.54, 1.807) is 0 Å². The average molecular weight is 652 g/mol. The van der Waals surface area contributed by atoms with Crippen LogP contribution in [-0.2, 0) is 65.1 Å². The summed E-state index contributed by atoms with van der Waals surface area (Å²) in [6.07, 6.45) is -2.77. The van der Waals surface area contributed by atoms with E-state index in [9.17, 15) is 18.9 Å². The lowest BCUT2D eigenvalue weighted by atomic mass is 9.79. The minimum Gasteiger partial charge on any atom is -0.385 e. The highest BCUT2D eigenvalue weighted by Crippen LogP contribution is 2.58. The van der Waals surface area contributed by atoms with Crippen molar-refractivity contribution in [3.63, 3.8) is 0 Å². The molecular formula is C22H37B3O16P2. The highest BCUT2D eigenvalue weighted by atomic mass is 31.2. The van der Waals surface area contributed by atoms with E-state index in [1.807, 2.05) is 0 Å². The van der Waals surface area contributed by atoms with Crippen LogP contribution in [0.5, 0.6) is 0 Å². The smallest absolute Gasteiger partial charge is 0.385 e. The van der Waals surface area contributed by atoms with Crippen LogP contribution in [0.25, 0.3) is 0 Å². The molecule has 21 heteroatoms. The maximum absolute atomic E-state index is 13.0. The Kier molecular flexibility index (Phi) is 12.4. The quantitative estimate of drug-likeness (QED) is 0.106. The van der Waals surface area contributed by atoms with Gasteiger partial charge in [-0.25, -0.2) is 9.13 Å². The molecule has 16 nitrogen and oxygen atoms in total. The van der Waals surface area contributed by atoms with Crippen LogP contribution in [0.4, 0.5) is 0 Å². The highest BCUT2D eigenvalue weighted by molar-refractivity contribution is 7.47. The Morgan fingerprint density at radius 2 is 1.51 bits per heavy atom. The summed E-state index contributed by atoms with van der Waals surface area (Å²) in [6, 6.07) is -2.48. The van der Waals surface area contributed by atoms with Crippen molar-refractivity contribution in [2.24, 2.45) is 5.92 Å². The fourth-order valence-electron chi connectivity index (χ4n) is 5.58. The first-order valence-corrected chi connectivity index (χ1v) is 16.6. The van der Waals surface area contributed by atoms with E-state index in [0.29, 0.717) is 0 Å². The van der Waals surface area contributed by atoms with Crippen molar-refractivity contribution in [2.45, 2.75) is 66.7 Å². The molecule has 43 heavy (non-hydrogen) atoms. The van der Waals surface area contributed by atoms with E-state index in [-0.39, 0.29) is 52.5 Å². The Balaban J connectivity index is 1.34. The van der Waals surface area contributed by atoms with E-state index in [4.69, 9.17) is 79.5 Å². The highest BCUT2D eigenvalue weighted by Gasteiger charge is 2.64. The Labute approximate surface area is 254 Å². The molecule has 4 rings (SSSR count). The molecule has 4 saturated heterocycles. The maximum atomic E-state index is 13.0. The molecule has 4 aliphatic heterocycles. The normalized spacial score (nSPS) is 41.9. The fourth-order valence-corrected chi connectivity index (χ4v) is 7.68. The molecule has 4 aliphatic rings. The van der Waals surface area contributed by atoms with Crippen LogP contribution in [-0.4, -0.2) is 155 Å². The van der Waals surface area contributed by atoms with Gasteiger partial charge in [-0.2, -0.15) is 0 Å². The molecule has 0 spiro atoms. The molecule has 12 atom stereocenters. The van der Waals surface area contributed by atoms with Crippen LogP contribution in [0, 0.1) is 5.92 Å². The lowest BCUT2D eigenvalue weighted by Crippen LogP contribution is -2.62. The standard InChI is InChI=1S/C22H37B3O16P2/c1-30-6-5-22(13-10-34-18(23)15(13)39-22)41-43(28,29)37-7-4-21(12-36-20(25)17(21)32-3)40-42(26,27)38-9-8-33-16-14(31-2)11-35-19(16)24/h13-20H,4-12H2,1-3H3,(H,26,27)(H,28,29)/t13?,14?,15?,16?,17?,18-,19-,20-,21?,22?/m1/s1. The van der Waals surface area contributed by atoms with Gasteiger partial charge in [0.15, 0.2) is 5.79 Å². The molecule has 0 aromatic heterocycles. The molecule has 0 aromatic carbocycles. The number of rotatable bonds is 18. The molecule has 6 radical (unpaired) electrons. The predicted octanol–water partition coefficient (Wildman–Crippen LogP) is -0.880. The van der Waals surface area contributed by atoms with Crippen molar-refractivity contribution >= 4 is 39.2 Å². The molecule has 0 aromatic rings. The largest absolute Gasteiger partial charge is 0.474 e. The zero-order valence-corrected chi connectivity index (χ0v) is 26.0. The molecule has 0 amide bonds. The first kappa shape index (κ1) is 35.9. The zero-order valence-electron chi connectivity index (χ0n) is 24.2. The zero-order chi connectivity index (χ0) is 31.5. The summed E-state index contributed by atoms with van der Waals surface area (Å²) in [6.45, 7) is -0.761. The Hall–Kier alpha value is 0.0948. The molecule has 240 valence electrons. The summed E-state index contributed by atoms with van der Waals surface area (Å²) >= 11 is 0. The monoisotopic (exact) mass is 652 g/mol. The third-order valence-corrected chi connectivity index (χ3v) is 9.93. The van der Waals surface area contributed by atoms with E-state index in [1.165, 1.54) is 21.3 Å². The SMILES string of the molecule is [B][C@@H]1OCC(OC)C1OCCOP(=O)(O)OC1(CCOP(=O)(O)OC2(CCOC)OC3C2CO[C@H]3[B])CO[C@@H]([B])C1OC. The van der Waals surface area contributed by atoms with Crippen LogP contribution in [0.1, 0.15) is 12.8 Å². The van der Waals surface area contributed by atoms with Gasteiger partial charge in [0.05, 0.1) is 58.3 Å². The Morgan fingerprint density at radius 1 is 0.814 bits per heavy atom. The summed E-state index contributed by atoms with van der Waals surface area (Å²) in [5.41, 5.74) is -1.71. The van der Waals surface area contributed by atoms with Gasteiger partial charge in [0.1, 0.15) is 47.5 Å². The first-order valence-electron chi connectivity index (χ1n) is 13.6. The lowest BCUT2D eigenvalue weighted by Gasteiger charge is -2.51. The van der Waals surface area contributed by atoms with Gasteiger partial charge >= 0.3 is 15.6 Å². The first-order chi connectivity index (χ1) is 20.3. The second-order valence-electron chi connectivity index (χ2n) is 10.5. The second kappa shape index (κ2) is 14.9. The van der Waals surface area contributed by atoms with E-state index >= 15 is 0 Å². The molecule has 0 bridgehead atoms. The third-order valence-electron chi connectivity index (χ3n) is 7.78. The van der Waals surface area contributed by atoms with Crippen LogP contribution >= 0.6 is 15.6 Å². The number of phosphoric ester groups is 2. The minimum atomic E-state index is -4.79. The van der Waals surface area contributed by atoms with Crippen LogP contribution in [0.15, 0.2) is 0 Å². The topological polar surface area (TPSA) is 185 Å². The van der Waals surface area contributed by atoms with E-state index in [0.717, 1.165) is 0 Å².